The minimum Gasteiger partial charge on any atom is -0.353 e. The molecule has 0 heterocycles. The van der Waals surface area contributed by atoms with Crippen LogP contribution in [0.25, 0.3) is 0 Å². The number of amides is 1. The number of nitrogens with one attached hydrogen (secondary N) is 1. The molecule has 0 saturated carbocycles. The monoisotopic (exact) mass is 319 g/mol. The van der Waals surface area contributed by atoms with Crippen molar-refractivity contribution in [3.05, 3.63) is 37.0 Å². The van der Waals surface area contributed by atoms with E-state index < -0.39 is 0 Å². The lowest BCUT2D eigenvalue weighted by molar-refractivity contribution is -0.116. The molecule has 1 N–H and O–H groups in total. The lowest BCUT2D eigenvalue weighted by Gasteiger charge is -2.02. The first kappa shape index (κ1) is 21.7. The maximum Gasteiger partial charge on any atom is 0.243 e. The Morgan fingerprint density at radius 1 is 0.826 bits per heavy atom. The predicted molar refractivity (Wildman–Crippen MR) is 103 cm³/mol. The molecule has 2 heteroatoms. The molecule has 1 amide bonds. The highest BCUT2D eigenvalue weighted by molar-refractivity contribution is 5.86. The van der Waals surface area contributed by atoms with Gasteiger partial charge in [0.05, 0.1) is 0 Å². The third kappa shape index (κ3) is 18.6. The summed E-state index contributed by atoms with van der Waals surface area (Å²) in [5, 5.41) is 2.81. The summed E-state index contributed by atoms with van der Waals surface area (Å²) in [4.78, 5) is 10.9. The number of carbonyl (C=O) groups is 1. The fraction of sp³-hybridized carbons (Fsp3) is 0.667. The van der Waals surface area contributed by atoms with Crippen molar-refractivity contribution in [3.63, 3.8) is 0 Å². The molecule has 0 fully saturated rings. The van der Waals surface area contributed by atoms with Crippen molar-refractivity contribution < 1.29 is 4.79 Å². The number of allylic oxidation sites excluding steroid dienone is 4. The largest absolute Gasteiger partial charge is 0.353 e. The van der Waals surface area contributed by atoms with E-state index in [0.717, 1.165) is 19.4 Å². The standard InChI is InChI=1S/C21H37NO/c1-3-5-6-7-8-9-10-11-12-13-14-15-16-17-18-19-20-22-21(23)4-2/h4,8-9,11-12H,2-3,5-7,10,13-20H2,1H3,(H,22,23)/b9-8-,12-11-. The zero-order chi connectivity index (χ0) is 17.0. The Morgan fingerprint density at radius 2 is 1.39 bits per heavy atom. The second-order valence-electron chi connectivity index (χ2n) is 6.08. The summed E-state index contributed by atoms with van der Waals surface area (Å²) in [6.07, 6.45) is 25.5. The van der Waals surface area contributed by atoms with Crippen LogP contribution in [0, 0.1) is 0 Å². The van der Waals surface area contributed by atoms with E-state index in [-0.39, 0.29) is 5.91 Å². The highest BCUT2D eigenvalue weighted by Gasteiger charge is 1.93. The molecule has 0 aromatic rings. The maximum atomic E-state index is 10.9. The number of rotatable bonds is 16. The van der Waals surface area contributed by atoms with Crippen LogP contribution >= 0.6 is 0 Å². The van der Waals surface area contributed by atoms with Gasteiger partial charge in [-0.25, -0.2) is 0 Å². The Bertz CT molecular complexity index is 331. The van der Waals surface area contributed by atoms with Crippen LogP contribution < -0.4 is 5.32 Å². The van der Waals surface area contributed by atoms with Gasteiger partial charge in [0.15, 0.2) is 0 Å². The molecular formula is C21H37NO. The van der Waals surface area contributed by atoms with Crippen LogP contribution in [-0.2, 0) is 4.79 Å². The highest BCUT2D eigenvalue weighted by Crippen LogP contribution is 2.07. The molecule has 0 saturated heterocycles. The van der Waals surface area contributed by atoms with E-state index in [4.69, 9.17) is 0 Å². The van der Waals surface area contributed by atoms with Crippen molar-refractivity contribution in [1.82, 2.24) is 5.32 Å². The van der Waals surface area contributed by atoms with E-state index in [1.165, 1.54) is 70.3 Å². The van der Waals surface area contributed by atoms with Gasteiger partial charge in [-0.1, -0.05) is 76.3 Å². The van der Waals surface area contributed by atoms with Gasteiger partial charge in [0, 0.05) is 6.54 Å². The third-order valence-corrected chi connectivity index (χ3v) is 3.86. The van der Waals surface area contributed by atoms with Gasteiger partial charge in [-0.05, 0) is 44.6 Å². The van der Waals surface area contributed by atoms with Crippen LogP contribution in [0.1, 0.15) is 84.0 Å². The molecule has 0 bridgehead atoms. The summed E-state index contributed by atoms with van der Waals surface area (Å²) < 4.78 is 0. The summed E-state index contributed by atoms with van der Waals surface area (Å²) in [6, 6.07) is 0. The van der Waals surface area contributed by atoms with Crippen LogP contribution in [0.5, 0.6) is 0 Å². The summed E-state index contributed by atoms with van der Waals surface area (Å²) in [5.74, 6) is -0.0624. The number of hydrogen-bond acceptors (Lipinski definition) is 1. The molecule has 0 spiro atoms. The second kappa shape index (κ2) is 18.7. The van der Waals surface area contributed by atoms with Crippen molar-refractivity contribution in [3.8, 4) is 0 Å². The SMILES string of the molecule is C=CC(=O)NCCCCCCCC/C=C\C/C=C\CCCCC. The molecule has 0 aliphatic carbocycles. The molecule has 0 unspecified atom stereocenters. The molecule has 0 aliphatic rings. The van der Waals surface area contributed by atoms with Crippen molar-refractivity contribution in [1.29, 1.82) is 0 Å². The molecule has 0 aromatic heterocycles. The van der Waals surface area contributed by atoms with E-state index >= 15 is 0 Å². The van der Waals surface area contributed by atoms with Crippen LogP contribution in [0.2, 0.25) is 0 Å². The van der Waals surface area contributed by atoms with Gasteiger partial charge < -0.3 is 5.32 Å². The smallest absolute Gasteiger partial charge is 0.243 e. The Hall–Kier alpha value is -1.31. The molecule has 132 valence electrons. The van der Waals surface area contributed by atoms with Gasteiger partial charge >= 0.3 is 0 Å². The van der Waals surface area contributed by atoms with Crippen molar-refractivity contribution in [2.45, 2.75) is 84.0 Å². The Balaban J connectivity index is 3.19. The molecule has 2 nitrogen and oxygen atoms in total. The van der Waals surface area contributed by atoms with Crippen LogP contribution in [0.15, 0.2) is 37.0 Å². The van der Waals surface area contributed by atoms with Gasteiger partial charge in [0.25, 0.3) is 0 Å². The summed E-state index contributed by atoms with van der Waals surface area (Å²) in [6.45, 7) is 6.46. The normalized spacial score (nSPS) is 11.3. The third-order valence-electron chi connectivity index (χ3n) is 3.86. The lowest BCUT2D eigenvalue weighted by Crippen LogP contribution is -2.21. The fourth-order valence-electron chi connectivity index (χ4n) is 2.40. The van der Waals surface area contributed by atoms with Gasteiger partial charge in [-0.2, -0.15) is 0 Å². The maximum absolute atomic E-state index is 10.9. The van der Waals surface area contributed by atoms with Crippen LogP contribution in [0.3, 0.4) is 0 Å². The van der Waals surface area contributed by atoms with Gasteiger partial charge in [0.1, 0.15) is 0 Å². The quantitative estimate of drug-likeness (QED) is 0.208. The van der Waals surface area contributed by atoms with E-state index in [1.54, 1.807) is 0 Å². The predicted octanol–water partition coefficient (Wildman–Crippen LogP) is 6.10. The molecule has 0 aromatic carbocycles. The first-order valence-electron chi connectivity index (χ1n) is 9.51. The summed E-state index contributed by atoms with van der Waals surface area (Å²) in [5.41, 5.74) is 0. The first-order valence-corrected chi connectivity index (χ1v) is 9.51. The zero-order valence-electron chi connectivity index (χ0n) is 15.2. The minimum atomic E-state index is -0.0624. The van der Waals surface area contributed by atoms with E-state index in [9.17, 15) is 4.79 Å². The van der Waals surface area contributed by atoms with Crippen LogP contribution in [-0.4, -0.2) is 12.5 Å². The fourth-order valence-corrected chi connectivity index (χ4v) is 2.40. The first-order chi connectivity index (χ1) is 11.3. The summed E-state index contributed by atoms with van der Waals surface area (Å²) >= 11 is 0. The average molecular weight is 320 g/mol. The molecule has 0 atom stereocenters. The number of hydrogen-bond donors (Lipinski definition) is 1. The van der Waals surface area contributed by atoms with Gasteiger partial charge in [-0.3, -0.25) is 4.79 Å². The molecular weight excluding hydrogens is 282 g/mol. The minimum absolute atomic E-state index is 0.0624. The molecule has 0 rings (SSSR count). The lowest BCUT2D eigenvalue weighted by atomic mass is 10.1. The Kier molecular flexibility index (Phi) is 17.7. The highest BCUT2D eigenvalue weighted by atomic mass is 16.1. The van der Waals surface area contributed by atoms with Crippen molar-refractivity contribution in [2.24, 2.45) is 0 Å². The molecule has 0 radical (unpaired) electrons. The van der Waals surface area contributed by atoms with Crippen molar-refractivity contribution in [2.75, 3.05) is 6.54 Å². The van der Waals surface area contributed by atoms with E-state index in [2.05, 4.69) is 43.1 Å². The Morgan fingerprint density at radius 3 is 2.00 bits per heavy atom. The zero-order valence-corrected chi connectivity index (χ0v) is 15.2. The summed E-state index contributed by atoms with van der Waals surface area (Å²) in [7, 11) is 0. The van der Waals surface area contributed by atoms with Gasteiger partial charge in [0.2, 0.25) is 5.91 Å². The van der Waals surface area contributed by atoms with E-state index in [0.29, 0.717) is 0 Å². The van der Waals surface area contributed by atoms with Crippen LogP contribution in [0.4, 0.5) is 0 Å². The van der Waals surface area contributed by atoms with E-state index in [1.807, 2.05) is 0 Å². The number of unbranched alkanes of at least 4 members (excludes halogenated alkanes) is 9. The molecule has 23 heavy (non-hydrogen) atoms. The second-order valence-corrected chi connectivity index (χ2v) is 6.08. The topological polar surface area (TPSA) is 29.1 Å². The van der Waals surface area contributed by atoms with Crippen molar-refractivity contribution >= 4 is 5.91 Å². The van der Waals surface area contributed by atoms with Gasteiger partial charge in [-0.15, -0.1) is 0 Å². The Labute approximate surface area is 144 Å². The average Bonchev–Trinajstić information content (AvgIpc) is 2.57. The number of carbonyl (C=O) groups excluding carboxylic acids is 1. The molecule has 0 aliphatic heterocycles.